The molecular formula is C21H24N4O4. The van der Waals surface area contributed by atoms with Gasteiger partial charge in [-0.2, -0.15) is 0 Å². The average Bonchev–Trinajstić information content (AvgIpc) is 3.25. The largest absolute Gasteiger partial charge is 0.314 e. The van der Waals surface area contributed by atoms with E-state index in [1.54, 1.807) is 12.1 Å². The zero-order valence-corrected chi connectivity index (χ0v) is 16.1. The minimum atomic E-state index is -0.919. The Morgan fingerprint density at radius 3 is 2.66 bits per heavy atom. The molecule has 4 aliphatic heterocycles. The smallest absolute Gasteiger partial charge is 0.262 e. The van der Waals surface area contributed by atoms with Crippen molar-refractivity contribution in [3.8, 4) is 0 Å². The quantitative estimate of drug-likeness (QED) is 0.712. The SMILES string of the molecule is O=C1CCC(N2C(=O)c3ccc(CN4CC[C@@H]5NCC[C@@H]5C4)cc3C2=O)C(=O)N1. The highest BCUT2D eigenvalue weighted by atomic mass is 16.2. The van der Waals surface area contributed by atoms with Crippen LogP contribution in [0.3, 0.4) is 0 Å². The average molecular weight is 396 g/mol. The Morgan fingerprint density at radius 2 is 1.83 bits per heavy atom. The van der Waals surface area contributed by atoms with E-state index < -0.39 is 23.8 Å². The molecule has 0 aromatic heterocycles. The van der Waals surface area contributed by atoms with Crippen molar-refractivity contribution < 1.29 is 19.2 Å². The Balaban J connectivity index is 1.33. The molecule has 1 unspecified atom stereocenters. The van der Waals surface area contributed by atoms with Gasteiger partial charge in [-0.15, -0.1) is 0 Å². The van der Waals surface area contributed by atoms with Crippen LogP contribution in [0.4, 0.5) is 0 Å². The summed E-state index contributed by atoms with van der Waals surface area (Å²) < 4.78 is 0. The number of carbonyl (C=O) groups excluding carboxylic acids is 4. The number of hydrogen-bond donors (Lipinski definition) is 2. The van der Waals surface area contributed by atoms with Crippen molar-refractivity contribution in [2.75, 3.05) is 19.6 Å². The summed E-state index contributed by atoms with van der Waals surface area (Å²) in [6, 6.07) is 5.10. The molecular weight excluding hydrogens is 372 g/mol. The molecule has 0 bridgehead atoms. The van der Waals surface area contributed by atoms with Gasteiger partial charge in [-0.05, 0) is 56.0 Å². The van der Waals surface area contributed by atoms with Crippen molar-refractivity contribution in [3.05, 3.63) is 34.9 Å². The maximum absolute atomic E-state index is 12.9. The third kappa shape index (κ3) is 3.16. The number of rotatable bonds is 3. The Labute approximate surface area is 168 Å². The van der Waals surface area contributed by atoms with Crippen molar-refractivity contribution in [1.29, 1.82) is 0 Å². The summed E-state index contributed by atoms with van der Waals surface area (Å²) in [5, 5.41) is 5.78. The molecule has 29 heavy (non-hydrogen) atoms. The minimum Gasteiger partial charge on any atom is -0.314 e. The van der Waals surface area contributed by atoms with Gasteiger partial charge >= 0.3 is 0 Å². The lowest BCUT2D eigenvalue weighted by molar-refractivity contribution is -0.136. The minimum absolute atomic E-state index is 0.126. The number of hydrogen-bond acceptors (Lipinski definition) is 6. The van der Waals surface area contributed by atoms with Gasteiger partial charge in [-0.25, -0.2) is 0 Å². The number of nitrogens with one attached hydrogen (secondary N) is 2. The highest BCUT2D eigenvalue weighted by molar-refractivity contribution is 6.23. The molecule has 3 saturated heterocycles. The summed E-state index contributed by atoms with van der Waals surface area (Å²) in [4.78, 5) is 52.7. The number of nitrogens with zero attached hydrogens (tertiary/aromatic N) is 2. The number of amides is 4. The Morgan fingerprint density at radius 1 is 1.00 bits per heavy atom. The van der Waals surface area contributed by atoms with Crippen molar-refractivity contribution in [2.24, 2.45) is 5.92 Å². The van der Waals surface area contributed by atoms with Crippen LogP contribution in [0.5, 0.6) is 0 Å². The van der Waals surface area contributed by atoms with E-state index in [-0.39, 0.29) is 18.7 Å². The number of imide groups is 2. The van der Waals surface area contributed by atoms with Gasteiger partial charge in [0.05, 0.1) is 11.1 Å². The predicted molar refractivity (Wildman–Crippen MR) is 103 cm³/mol. The van der Waals surface area contributed by atoms with E-state index in [0.717, 1.165) is 43.1 Å². The maximum atomic E-state index is 12.9. The highest BCUT2D eigenvalue weighted by Crippen LogP contribution is 2.30. The van der Waals surface area contributed by atoms with Gasteiger partial charge < -0.3 is 5.32 Å². The zero-order valence-electron chi connectivity index (χ0n) is 16.1. The van der Waals surface area contributed by atoms with Gasteiger partial charge in [0.15, 0.2) is 0 Å². The van der Waals surface area contributed by atoms with Crippen LogP contribution in [0.1, 0.15) is 52.0 Å². The van der Waals surface area contributed by atoms with Crippen LogP contribution in [-0.4, -0.2) is 65.1 Å². The van der Waals surface area contributed by atoms with Crippen molar-refractivity contribution in [1.82, 2.24) is 20.4 Å². The molecule has 4 amide bonds. The first kappa shape index (κ1) is 18.4. The molecule has 3 fully saturated rings. The van der Waals surface area contributed by atoms with E-state index in [2.05, 4.69) is 15.5 Å². The van der Waals surface area contributed by atoms with Gasteiger partial charge in [-0.1, -0.05) is 6.07 Å². The van der Waals surface area contributed by atoms with Gasteiger partial charge in [0.25, 0.3) is 11.8 Å². The van der Waals surface area contributed by atoms with Crippen molar-refractivity contribution in [2.45, 2.75) is 44.3 Å². The fourth-order valence-electron chi connectivity index (χ4n) is 5.14. The van der Waals surface area contributed by atoms with Crippen molar-refractivity contribution >= 4 is 23.6 Å². The molecule has 8 heteroatoms. The molecule has 4 heterocycles. The second-order valence-electron chi connectivity index (χ2n) is 8.46. The van der Waals surface area contributed by atoms with E-state index in [4.69, 9.17) is 0 Å². The molecule has 1 aromatic rings. The van der Waals surface area contributed by atoms with Crippen LogP contribution in [0.15, 0.2) is 18.2 Å². The monoisotopic (exact) mass is 396 g/mol. The second-order valence-corrected chi connectivity index (χ2v) is 8.46. The second kappa shape index (κ2) is 7.03. The number of fused-ring (bicyclic) bond motifs is 2. The van der Waals surface area contributed by atoms with E-state index in [9.17, 15) is 19.2 Å². The van der Waals surface area contributed by atoms with Crippen molar-refractivity contribution in [3.63, 3.8) is 0 Å². The van der Waals surface area contributed by atoms with Crippen LogP contribution < -0.4 is 10.6 Å². The molecule has 5 rings (SSSR count). The maximum Gasteiger partial charge on any atom is 0.262 e. The van der Waals surface area contributed by atoms with Gasteiger partial charge in [0.1, 0.15) is 6.04 Å². The zero-order chi connectivity index (χ0) is 20.1. The lowest BCUT2D eigenvalue weighted by atomic mass is 9.93. The Hall–Kier alpha value is -2.58. The number of benzene rings is 1. The molecule has 8 nitrogen and oxygen atoms in total. The molecule has 0 spiro atoms. The topological polar surface area (TPSA) is 98.8 Å². The first-order chi connectivity index (χ1) is 14.0. The normalized spacial score (nSPS) is 29.8. The molecule has 152 valence electrons. The van der Waals surface area contributed by atoms with Crippen LogP contribution in [0.25, 0.3) is 0 Å². The molecule has 1 aromatic carbocycles. The van der Waals surface area contributed by atoms with Crippen LogP contribution in [0.2, 0.25) is 0 Å². The summed E-state index contributed by atoms with van der Waals surface area (Å²) in [5.74, 6) is -1.16. The number of likely N-dealkylation sites (tertiary alicyclic amines) is 1. The number of piperidine rings is 2. The molecule has 0 saturated carbocycles. The van der Waals surface area contributed by atoms with Gasteiger partial charge in [-0.3, -0.25) is 34.3 Å². The summed E-state index contributed by atoms with van der Waals surface area (Å²) in [5.41, 5.74) is 1.69. The number of carbonyl (C=O) groups is 4. The van der Waals surface area contributed by atoms with Gasteiger partial charge in [0.2, 0.25) is 11.8 Å². The van der Waals surface area contributed by atoms with E-state index in [1.165, 1.54) is 6.42 Å². The van der Waals surface area contributed by atoms with Crippen LogP contribution in [0, 0.1) is 5.92 Å². The standard InChI is InChI=1S/C21H24N4O4/c26-18-4-3-17(19(27)23-18)25-20(28)14-2-1-12(9-15(14)21(25)29)10-24-8-6-16-13(11-24)5-7-22-16/h1-2,9,13,16-17,22H,3-8,10-11H2,(H,23,26,27)/t13-,16+,17?/m1/s1. The van der Waals surface area contributed by atoms with E-state index in [0.29, 0.717) is 23.1 Å². The van der Waals surface area contributed by atoms with E-state index >= 15 is 0 Å². The fraction of sp³-hybridized carbons (Fsp3) is 0.524. The summed E-state index contributed by atoms with van der Waals surface area (Å²) >= 11 is 0. The van der Waals surface area contributed by atoms with E-state index in [1.807, 2.05) is 6.07 Å². The first-order valence-corrected chi connectivity index (χ1v) is 10.3. The fourth-order valence-corrected chi connectivity index (χ4v) is 5.14. The molecule has 4 aliphatic rings. The summed E-state index contributed by atoms with van der Waals surface area (Å²) in [6.45, 7) is 3.90. The summed E-state index contributed by atoms with van der Waals surface area (Å²) in [6.07, 6.45) is 2.64. The Kier molecular flexibility index (Phi) is 4.48. The molecule has 3 atom stereocenters. The van der Waals surface area contributed by atoms with Crippen LogP contribution >= 0.6 is 0 Å². The Bertz CT molecular complexity index is 914. The lowest BCUT2D eigenvalue weighted by Gasteiger charge is -2.34. The first-order valence-electron chi connectivity index (χ1n) is 10.3. The molecule has 0 radical (unpaired) electrons. The third-order valence-electron chi connectivity index (χ3n) is 6.65. The van der Waals surface area contributed by atoms with Gasteiger partial charge in [0, 0.05) is 25.6 Å². The molecule has 2 N–H and O–H groups in total. The highest BCUT2D eigenvalue weighted by Gasteiger charge is 2.44. The summed E-state index contributed by atoms with van der Waals surface area (Å²) in [7, 11) is 0. The third-order valence-corrected chi connectivity index (χ3v) is 6.65. The predicted octanol–water partition coefficient (Wildman–Crippen LogP) is 0.272. The molecule has 0 aliphatic carbocycles. The van der Waals surface area contributed by atoms with Crippen LogP contribution in [-0.2, 0) is 16.1 Å². The lowest BCUT2D eigenvalue weighted by Crippen LogP contribution is -2.54.